The van der Waals surface area contributed by atoms with Crippen LogP contribution >= 0.6 is 0 Å². The number of carbonyl (C=O) groups is 2. The number of carboxylic acids is 1. The van der Waals surface area contributed by atoms with E-state index < -0.39 is 5.97 Å². The van der Waals surface area contributed by atoms with Crippen LogP contribution in [0.4, 0.5) is 0 Å². The minimum Gasteiger partial charge on any atom is -0.488 e. The molecule has 0 saturated heterocycles. The van der Waals surface area contributed by atoms with E-state index in [-0.39, 0.29) is 18.1 Å². The van der Waals surface area contributed by atoms with E-state index in [0.29, 0.717) is 37.6 Å². The van der Waals surface area contributed by atoms with Gasteiger partial charge in [0.15, 0.2) is 0 Å². The summed E-state index contributed by atoms with van der Waals surface area (Å²) in [5, 5.41) is 15.6. The van der Waals surface area contributed by atoms with Crippen LogP contribution in [0.15, 0.2) is 73.1 Å². The second-order valence-corrected chi connectivity index (χ2v) is 10.7. The predicted molar refractivity (Wildman–Crippen MR) is 165 cm³/mol. The molecule has 0 aliphatic heterocycles. The van der Waals surface area contributed by atoms with Gasteiger partial charge in [-0.25, -0.2) is 4.79 Å². The number of benzene rings is 3. The number of amides is 1. The molecule has 1 aliphatic carbocycles. The third kappa shape index (κ3) is 7.40. The molecule has 222 valence electrons. The van der Waals surface area contributed by atoms with E-state index in [1.165, 1.54) is 40.9 Å². The summed E-state index contributed by atoms with van der Waals surface area (Å²) >= 11 is 0. The molecule has 1 aromatic heterocycles. The normalized spacial score (nSPS) is 12.0. The lowest BCUT2D eigenvalue weighted by atomic mass is 9.97. The number of hydrogen-bond donors (Lipinski definition) is 3. The summed E-state index contributed by atoms with van der Waals surface area (Å²) in [6.07, 6.45) is 5.82. The zero-order chi connectivity index (χ0) is 30.2. The van der Waals surface area contributed by atoms with Crippen molar-refractivity contribution in [2.45, 2.75) is 52.9 Å². The number of nitrogens with one attached hydrogen (secondary N) is 2. The summed E-state index contributed by atoms with van der Waals surface area (Å²) in [7, 11) is 0. The lowest BCUT2D eigenvalue weighted by Crippen LogP contribution is -2.30. The maximum Gasteiger partial charge on any atom is 0.337 e. The molecule has 0 saturated carbocycles. The van der Waals surface area contributed by atoms with Gasteiger partial charge in [-0.3, -0.25) is 9.78 Å². The summed E-state index contributed by atoms with van der Waals surface area (Å²) < 4.78 is 12.9. The van der Waals surface area contributed by atoms with Crippen molar-refractivity contribution >= 4 is 11.9 Å². The van der Waals surface area contributed by atoms with Gasteiger partial charge < -0.3 is 25.2 Å². The number of pyridine rings is 1. The number of carboxylic acid groups (broad SMARTS) is 1. The minimum absolute atomic E-state index is 0.0602. The molecule has 5 rings (SSSR count). The standard InChI is InChI=1S/C35H37N3O5/c1-23-27(10-6-11-29(23)26-8-4-3-5-9-26)22-43-33-17-34(42-21-25-16-28(35(40)41)19-37-18-25)32(30-12-7-13-31(30)33)20-36-14-15-38-24(2)39/h3-6,8-11,16-19,36H,7,12-15,20-22H2,1-2H3,(H,38,39)(H,40,41). The van der Waals surface area contributed by atoms with Crippen molar-refractivity contribution in [3.05, 3.63) is 112 Å². The Bertz CT molecular complexity index is 1600. The van der Waals surface area contributed by atoms with Gasteiger partial charge >= 0.3 is 5.97 Å². The number of hydrogen-bond acceptors (Lipinski definition) is 6. The SMILES string of the molecule is CC(=O)NCCNCc1c(OCc2cncc(C(=O)O)c2)cc(OCc2cccc(-c3ccccc3)c2C)c2c1CCC2. The zero-order valence-corrected chi connectivity index (χ0v) is 24.6. The molecule has 3 aromatic carbocycles. The highest BCUT2D eigenvalue weighted by molar-refractivity contribution is 5.87. The average molecular weight is 580 g/mol. The Morgan fingerprint density at radius 1 is 0.907 bits per heavy atom. The Kier molecular flexibility index (Phi) is 9.69. The first kappa shape index (κ1) is 29.8. The van der Waals surface area contributed by atoms with Crippen molar-refractivity contribution in [2.24, 2.45) is 0 Å². The summed E-state index contributed by atoms with van der Waals surface area (Å²) in [4.78, 5) is 26.8. The molecule has 0 spiro atoms. The van der Waals surface area contributed by atoms with Gasteiger partial charge in [0.2, 0.25) is 5.91 Å². The fraction of sp³-hybridized carbons (Fsp3) is 0.286. The maximum absolute atomic E-state index is 11.5. The molecule has 8 heteroatoms. The van der Waals surface area contributed by atoms with Crippen LogP contribution in [0.25, 0.3) is 11.1 Å². The minimum atomic E-state index is -1.03. The zero-order valence-electron chi connectivity index (χ0n) is 24.6. The fourth-order valence-corrected chi connectivity index (χ4v) is 5.55. The topological polar surface area (TPSA) is 110 Å². The Hall–Kier alpha value is -4.69. The number of carbonyl (C=O) groups excluding carboxylic acids is 1. The van der Waals surface area contributed by atoms with Crippen molar-refractivity contribution in [1.82, 2.24) is 15.6 Å². The van der Waals surface area contributed by atoms with Gasteiger partial charge in [-0.1, -0.05) is 48.5 Å². The third-order valence-corrected chi connectivity index (χ3v) is 7.77. The third-order valence-electron chi connectivity index (χ3n) is 7.77. The molecule has 43 heavy (non-hydrogen) atoms. The van der Waals surface area contributed by atoms with Crippen molar-refractivity contribution in [1.29, 1.82) is 0 Å². The second kappa shape index (κ2) is 14.0. The first-order valence-electron chi connectivity index (χ1n) is 14.6. The van der Waals surface area contributed by atoms with E-state index in [1.807, 2.05) is 24.3 Å². The van der Waals surface area contributed by atoms with E-state index >= 15 is 0 Å². The largest absolute Gasteiger partial charge is 0.488 e. The summed E-state index contributed by atoms with van der Waals surface area (Å²) in [6, 6.07) is 20.2. The second-order valence-electron chi connectivity index (χ2n) is 10.7. The average Bonchev–Trinajstić information content (AvgIpc) is 3.51. The van der Waals surface area contributed by atoms with Gasteiger partial charge in [0.25, 0.3) is 0 Å². The highest BCUT2D eigenvalue weighted by atomic mass is 16.5. The van der Waals surface area contributed by atoms with Crippen LogP contribution in [-0.4, -0.2) is 35.1 Å². The van der Waals surface area contributed by atoms with Crippen LogP contribution in [0.2, 0.25) is 0 Å². The lowest BCUT2D eigenvalue weighted by Gasteiger charge is -2.20. The molecule has 8 nitrogen and oxygen atoms in total. The van der Waals surface area contributed by atoms with Crippen LogP contribution in [-0.2, 0) is 37.4 Å². The molecule has 3 N–H and O–H groups in total. The van der Waals surface area contributed by atoms with Crippen LogP contribution < -0.4 is 20.1 Å². The van der Waals surface area contributed by atoms with Gasteiger partial charge in [0, 0.05) is 56.1 Å². The van der Waals surface area contributed by atoms with E-state index in [0.717, 1.165) is 36.1 Å². The number of aromatic carboxylic acids is 1. The Morgan fingerprint density at radius 2 is 1.70 bits per heavy atom. The summed E-state index contributed by atoms with van der Waals surface area (Å²) in [5.41, 5.74) is 8.96. The van der Waals surface area contributed by atoms with Gasteiger partial charge in [-0.05, 0) is 65.6 Å². The molecule has 0 radical (unpaired) electrons. The highest BCUT2D eigenvalue weighted by Crippen LogP contribution is 2.40. The molecule has 0 atom stereocenters. The molecule has 1 aliphatic rings. The van der Waals surface area contributed by atoms with Gasteiger partial charge in [-0.15, -0.1) is 0 Å². The number of aromatic nitrogens is 1. The van der Waals surface area contributed by atoms with Gasteiger partial charge in [0.05, 0.1) is 5.56 Å². The Labute approximate surface area is 252 Å². The lowest BCUT2D eigenvalue weighted by molar-refractivity contribution is -0.118. The maximum atomic E-state index is 11.5. The van der Waals surface area contributed by atoms with Crippen LogP contribution in [0.3, 0.4) is 0 Å². The number of rotatable bonds is 13. The van der Waals surface area contributed by atoms with E-state index in [2.05, 4.69) is 52.9 Å². The summed E-state index contributed by atoms with van der Waals surface area (Å²) in [5.74, 6) is 0.415. The van der Waals surface area contributed by atoms with Crippen LogP contribution in [0.5, 0.6) is 11.5 Å². The molecule has 0 fully saturated rings. The van der Waals surface area contributed by atoms with E-state index in [9.17, 15) is 14.7 Å². The quantitative estimate of drug-likeness (QED) is 0.176. The molecular formula is C35H37N3O5. The first-order chi connectivity index (χ1) is 20.9. The predicted octanol–water partition coefficient (Wildman–Crippen LogP) is 5.63. The smallest absolute Gasteiger partial charge is 0.337 e. The van der Waals surface area contributed by atoms with E-state index in [1.54, 1.807) is 12.3 Å². The molecule has 0 bridgehead atoms. The van der Waals surface area contributed by atoms with Crippen molar-refractivity contribution in [2.75, 3.05) is 13.1 Å². The number of ether oxygens (including phenoxy) is 2. The van der Waals surface area contributed by atoms with Crippen molar-refractivity contribution in [3.8, 4) is 22.6 Å². The van der Waals surface area contributed by atoms with E-state index in [4.69, 9.17) is 9.47 Å². The molecule has 1 amide bonds. The van der Waals surface area contributed by atoms with Crippen molar-refractivity contribution in [3.63, 3.8) is 0 Å². The molecular weight excluding hydrogens is 542 g/mol. The highest BCUT2D eigenvalue weighted by Gasteiger charge is 2.24. The monoisotopic (exact) mass is 579 g/mol. The van der Waals surface area contributed by atoms with Crippen LogP contribution in [0.1, 0.15) is 57.1 Å². The Morgan fingerprint density at radius 3 is 2.49 bits per heavy atom. The molecule has 1 heterocycles. The van der Waals surface area contributed by atoms with Gasteiger partial charge in [0.1, 0.15) is 24.7 Å². The van der Waals surface area contributed by atoms with Crippen LogP contribution in [0, 0.1) is 6.92 Å². The number of nitrogens with zero attached hydrogens (tertiary/aromatic N) is 1. The Balaban J connectivity index is 1.41. The molecule has 4 aromatic rings. The fourth-order valence-electron chi connectivity index (χ4n) is 5.55. The summed E-state index contributed by atoms with van der Waals surface area (Å²) in [6.45, 7) is 5.96. The van der Waals surface area contributed by atoms with Gasteiger partial charge in [-0.2, -0.15) is 0 Å². The first-order valence-corrected chi connectivity index (χ1v) is 14.6. The van der Waals surface area contributed by atoms with Crippen molar-refractivity contribution < 1.29 is 24.2 Å². The number of fused-ring (bicyclic) bond motifs is 1. The molecule has 0 unspecified atom stereocenters.